The molecule has 0 bridgehead atoms. The van der Waals surface area contributed by atoms with Gasteiger partial charge in [-0.3, -0.25) is 9.59 Å². The van der Waals surface area contributed by atoms with E-state index in [0.717, 1.165) is 11.3 Å². The van der Waals surface area contributed by atoms with E-state index in [2.05, 4.69) is 4.98 Å². The van der Waals surface area contributed by atoms with Crippen LogP contribution in [0, 0.1) is 5.82 Å². The molecule has 0 spiro atoms. The Morgan fingerprint density at radius 1 is 1.37 bits per heavy atom. The van der Waals surface area contributed by atoms with Crippen molar-refractivity contribution in [1.82, 2.24) is 14.5 Å². The fourth-order valence-corrected chi connectivity index (χ4v) is 3.77. The molecule has 3 rings (SSSR count). The highest BCUT2D eigenvalue weighted by atomic mass is 32.1. The molecule has 0 aliphatic rings. The van der Waals surface area contributed by atoms with Gasteiger partial charge < -0.3 is 19.3 Å². The van der Waals surface area contributed by atoms with Gasteiger partial charge in [-0.1, -0.05) is 6.92 Å². The van der Waals surface area contributed by atoms with Crippen molar-refractivity contribution in [3.8, 4) is 0 Å². The zero-order valence-electron chi connectivity index (χ0n) is 17.1. The number of carbonyl (C=O) groups is 2. The van der Waals surface area contributed by atoms with E-state index in [9.17, 15) is 19.1 Å². The Balaban J connectivity index is 1.87. The van der Waals surface area contributed by atoms with Crippen LogP contribution in [0.5, 0.6) is 0 Å². The number of esters is 1. The van der Waals surface area contributed by atoms with Gasteiger partial charge in [0.15, 0.2) is 11.7 Å². The first kappa shape index (κ1) is 22.1. The van der Waals surface area contributed by atoms with Crippen molar-refractivity contribution >= 4 is 34.0 Å². The van der Waals surface area contributed by atoms with Crippen LogP contribution in [-0.2, 0) is 16.3 Å². The molecular formula is C21H24FN3O4S. The Kier molecular flexibility index (Phi) is 6.96. The molecule has 0 radical (unpaired) electrons. The van der Waals surface area contributed by atoms with Crippen molar-refractivity contribution in [2.24, 2.45) is 0 Å². The Labute approximate surface area is 177 Å². The minimum absolute atomic E-state index is 0.128. The van der Waals surface area contributed by atoms with Crippen LogP contribution >= 0.6 is 11.3 Å². The normalized spacial score (nSPS) is 12.5. The highest BCUT2D eigenvalue weighted by Gasteiger charge is 2.21. The minimum Gasteiger partial charge on any atom is -0.444 e. The third-order valence-electron chi connectivity index (χ3n) is 4.66. The minimum atomic E-state index is -0.722. The lowest BCUT2D eigenvalue weighted by molar-refractivity contribution is -0.147. The average Bonchev–Trinajstić information content (AvgIpc) is 3.34. The van der Waals surface area contributed by atoms with Gasteiger partial charge in [0.25, 0.3) is 0 Å². The molecule has 160 valence electrons. The summed E-state index contributed by atoms with van der Waals surface area (Å²) in [5.74, 6) is -1.17. The van der Waals surface area contributed by atoms with Crippen molar-refractivity contribution in [3.05, 3.63) is 51.9 Å². The van der Waals surface area contributed by atoms with E-state index in [0.29, 0.717) is 35.1 Å². The lowest BCUT2D eigenvalue weighted by Crippen LogP contribution is -2.18. The van der Waals surface area contributed by atoms with Crippen LogP contribution in [0.1, 0.15) is 46.9 Å². The maximum absolute atomic E-state index is 13.8. The summed E-state index contributed by atoms with van der Waals surface area (Å²) in [6, 6.07) is 4.10. The maximum atomic E-state index is 13.8. The topological polar surface area (TPSA) is 84.7 Å². The molecule has 1 N–H and O–H groups in total. The number of hydrogen-bond donors (Lipinski definition) is 1. The van der Waals surface area contributed by atoms with Gasteiger partial charge >= 0.3 is 5.97 Å². The van der Waals surface area contributed by atoms with E-state index in [-0.39, 0.29) is 29.9 Å². The predicted octanol–water partition coefficient (Wildman–Crippen LogP) is 3.36. The van der Waals surface area contributed by atoms with Crippen molar-refractivity contribution in [3.63, 3.8) is 0 Å². The molecule has 0 amide bonds. The molecule has 0 saturated heterocycles. The number of thiazole rings is 1. The van der Waals surface area contributed by atoms with Crippen molar-refractivity contribution in [2.45, 2.75) is 32.6 Å². The fourth-order valence-electron chi connectivity index (χ4n) is 2.95. The SMILES string of the molecule is CC[C@@H](O)c1csc(C(=O)c2cn(COC(=O)CCN(C)C)c3cc(F)ccc23)n1. The lowest BCUT2D eigenvalue weighted by atomic mass is 10.1. The van der Waals surface area contributed by atoms with Gasteiger partial charge in [0.1, 0.15) is 5.82 Å². The number of hydrogen-bond acceptors (Lipinski definition) is 7. The standard InChI is InChI=1S/C21H24FN3O4S/c1-4-18(26)16-11-30-21(23-16)20(28)15-10-25(12-29-19(27)7-8-24(2)3)17-9-13(22)5-6-14(15)17/h5-6,9-11,18,26H,4,7-8,12H2,1-3H3/t18-/m1/s1. The number of halogens is 1. The Morgan fingerprint density at radius 2 is 2.13 bits per heavy atom. The molecule has 1 aromatic carbocycles. The van der Waals surface area contributed by atoms with Crippen LogP contribution in [0.15, 0.2) is 29.8 Å². The van der Waals surface area contributed by atoms with Gasteiger partial charge in [-0.25, -0.2) is 9.37 Å². The maximum Gasteiger partial charge on any atom is 0.308 e. The van der Waals surface area contributed by atoms with Gasteiger partial charge in [-0.15, -0.1) is 11.3 Å². The van der Waals surface area contributed by atoms with Crippen LogP contribution < -0.4 is 0 Å². The summed E-state index contributed by atoms with van der Waals surface area (Å²) in [6.45, 7) is 2.25. The number of carbonyl (C=O) groups excluding carboxylic acids is 2. The summed E-state index contributed by atoms with van der Waals surface area (Å²) in [5.41, 5.74) is 1.24. The van der Waals surface area contributed by atoms with E-state index in [1.807, 2.05) is 25.9 Å². The third-order valence-corrected chi connectivity index (χ3v) is 5.52. The number of aliphatic hydroxyl groups is 1. The summed E-state index contributed by atoms with van der Waals surface area (Å²) < 4.78 is 20.7. The first-order valence-corrected chi connectivity index (χ1v) is 10.4. The molecule has 7 nitrogen and oxygen atoms in total. The molecule has 9 heteroatoms. The smallest absolute Gasteiger partial charge is 0.308 e. The Bertz CT molecular complexity index is 1060. The molecule has 2 aromatic heterocycles. The number of ether oxygens (including phenoxy) is 1. The van der Waals surface area contributed by atoms with E-state index < -0.39 is 11.9 Å². The second kappa shape index (κ2) is 9.46. The summed E-state index contributed by atoms with van der Waals surface area (Å²) in [7, 11) is 3.72. The van der Waals surface area contributed by atoms with Gasteiger partial charge in [0, 0.05) is 23.5 Å². The van der Waals surface area contributed by atoms with Crippen LogP contribution in [0.2, 0.25) is 0 Å². The highest BCUT2D eigenvalue weighted by Crippen LogP contribution is 2.27. The average molecular weight is 434 g/mol. The van der Waals surface area contributed by atoms with Crippen LogP contribution in [0.4, 0.5) is 4.39 Å². The van der Waals surface area contributed by atoms with Crippen LogP contribution in [0.3, 0.4) is 0 Å². The number of aliphatic hydroxyl groups excluding tert-OH is 1. The van der Waals surface area contributed by atoms with Crippen molar-refractivity contribution in [1.29, 1.82) is 0 Å². The van der Waals surface area contributed by atoms with Gasteiger partial charge in [-0.2, -0.15) is 0 Å². The third kappa shape index (κ3) is 4.92. The number of nitrogens with zero attached hydrogens (tertiary/aromatic N) is 3. The Morgan fingerprint density at radius 3 is 2.83 bits per heavy atom. The van der Waals surface area contributed by atoms with E-state index in [1.165, 1.54) is 22.8 Å². The largest absolute Gasteiger partial charge is 0.444 e. The zero-order valence-corrected chi connectivity index (χ0v) is 17.9. The second-order valence-corrected chi connectivity index (χ2v) is 8.06. The predicted molar refractivity (Wildman–Crippen MR) is 112 cm³/mol. The molecule has 0 aliphatic heterocycles. The van der Waals surface area contributed by atoms with Crippen LogP contribution in [-0.4, -0.2) is 52.0 Å². The molecule has 0 aliphatic carbocycles. The number of fused-ring (bicyclic) bond motifs is 1. The van der Waals surface area contributed by atoms with E-state index >= 15 is 0 Å². The van der Waals surface area contributed by atoms with Gasteiger partial charge in [0.2, 0.25) is 5.78 Å². The second-order valence-electron chi connectivity index (χ2n) is 7.20. The molecule has 30 heavy (non-hydrogen) atoms. The molecule has 3 aromatic rings. The number of aromatic nitrogens is 2. The summed E-state index contributed by atoms with van der Waals surface area (Å²) in [5, 5.41) is 12.4. The zero-order chi connectivity index (χ0) is 21.8. The van der Waals surface area contributed by atoms with Crippen molar-refractivity contribution < 1.29 is 23.8 Å². The monoisotopic (exact) mass is 433 g/mol. The van der Waals surface area contributed by atoms with Gasteiger partial charge in [0.05, 0.1) is 29.3 Å². The van der Waals surface area contributed by atoms with Crippen molar-refractivity contribution in [2.75, 3.05) is 20.6 Å². The van der Waals surface area contributed by atoms with Gasteiger partial charge in [-0.05, 0) is 38.7 Å². The lowest BCUT2D eigenvalue weighted by Gasteiger charge is -2.10. The highest BCUT2D eigenvalue weighted by molar-refractivity contribution is 7.12. The quantitative estimate of drug-likeness (QED) is 0.411. The van der Waals surface area contributed by atoms with E-state index in [1.54, 1.807) is 11.6 Å². The number of benzene rings is 1. The summed E-state index contributed by atoms with van der Waals surface area (Å²) in [4.78, 5) is 31.1. The number of rotatable bonds is 9. The molecule has 0 unspecified atom stereocenters. The number of ketones is 1. The summed E-state index contributed by atoms with van der Waals surface area (Å²) >= 11 is 1.15. The summed E-state index contributed by atoms with van der Waals surface area (Å²) in [6.07, 6.45) is 1.55. The fraction of sp³-hybridized carbons (Fsp3) is 0.381. The first-order chi connectivity index (χ1) is 14.3. The molecule has 0 saturated carbocycles. The molecule has 2 heterocycles. The Hall–Kier alpha value is -2.62. The van der Waals surface area contributed by atoms with Crippen LogP contribution in [0.25, 0.3) is 10.9 Å². The first-order valence-electron chi connectivity index (χ1n) is 9.57. The molecule has 1 atom stereocenters. The molecular weight excluding hydrogens is 409 g/mol. The van der Waals surface area contributed by atoms with E-state index in [4.69, 9.17) is 4.74 Å². The molecule has 0 fully saturated rings.